The van der Waals surface area contributed by atoms with Crippen LogP contribution in [-0.4, -0.2) is 27.3 Å². The predicted octanol–water partition coefficient (Wildman–Crippen LogP) is 2.47. The van der Waals surface area contributed by atoms with Crippen LogP contribution in [0.25, 0.3) is 0 Å². The number of benzene rings is 1. The molecule has 1 atom stereocenters. The normalized spacial score (nSPS) is 15.8. The summed E-state index contributed by atoms with van der Waals surface area (Å²) in [6.07, 6.45) is 1.42. The summed E-state index contributed by atoms with van der Waals surface area (Å²) in [4.78, 5) is 22.7. The highest BCUT2D eigenvalue weighted by atomic mass is 16.6. The van der Waals surface area contributed by atoms with Crippen molar-refractivity contribution in [2.45, 2.75) is 26.5 Å². The van der Waals surface area contributed by atoms with E-state index in [1.54, 1.807) is 38.1 Å². The Labute approximate surface area is 177 Å². The van der Waals surface area contributed by atoms with Gasteiger partial charge in [-0.05, 0) is 36.5 Å². The molecule has 2 heterocycles. The van der Waals surface area contributed by atoms with Crippen molar-refractivity contribution in [1.29, 1.82) is 5.26 Å². The molecule has 31 heavy (non-hydrogen) atoms. The second kappa shape index (κ2) is 9.00. The van der Waals surface area contributed by atoms with Gasteiger partial charge in [-0.3, -0.25) is 0 Å². The van der Waals surface area contributed by atoms with E-state index < -0.39 is 16.8 Å². The topological polar surface area (TPSA) is 156 Å². The number of nitro groups is 1. The number of carbonyl (C=O) groups is 1. The molecule has 1 aromatic carbocycles. The van der Waals surface area contributed by atoms with Gasteiger partial charge in [-0.15, -0.1) is 4.68 Å². The van der Waals surface area contributed by atoms with E-state index in [-0.39, 0.29) is 41.9 Å². The van der Waals surface area contributed by atoms with Gasteiger partial charge in [0.05, 0.1) is 35.5 Å². The van der Waals surface area contributed by atoms with Crippen LogP contribution in [0.3, 0.4) is 0 Å². The van der Waals surface area contributed by atoms with Crippen LogP contribution in [0, 0.1) is 21.4 Å². The largest absolute Gasteiger partial charge is 0.469 e. The Kier molecular flexibility index (Phi) is 6.21. The number of nitriles is 1. The lowest BCUT2D eigenvalue weighted by molar-refractivity contribution is -0.389. The number of rotatable bonds is 7. The molecule has 0 saturated carbocycles. The van der Waals surface area contributed by atoms with E-state index in [4.69, 9.17) is 19.9 Å². The van der Waals surface area contributed by atoms with Crippen molar-refractivity contribution in [1.82, 2.24) is 9.78 Å². The zero-order valence-corrected chi connectivity index (χ0v) is 16.8. The molecule has 0 saturated heterocycles. The van der Waals surface area contributed by atoms with Gasteiger partial charge in [-0.2, -0.15) is 5.26 Å². The molecule has 160 valence electrons. The van der Waals surface area contributed by atoms with Gasteiger partial charge in [0.25, 0.3) is 0 Å². The fourth-order valence-corrected chi connectivity index (χ4v) is 3.13. The van der Waals surface area contributed by atoms with Crippen molar-refractivity contribution in [3.8, 4) is 11.8 Å². The maximum atomic E-state index is 12.6. The number of hydrogen-bond acceptors (Lipinski definition) is 9. The molecule has 0 spiro atoms. The molecule has 11 nitrogen and oxygen atoms in total. The molecule has 11 heteroatoms. The molecule has 0 amide bonds. The van der Waals surface area contributed by atoms with Crippen molar-refractivity contribution in [3.63, 3.8) is 0 Å². The summed E-state index contributed by atoms with van der Waals surface area (Å²) in [6.45, 7) is 3.33. The SMILES string of the molecule is CCOC(=O)C1=C(C)OC(N)=C(C#N)C1c1cccc(OCn2ccc([N+](=O)[O-])n2)c1. The quantitative estimate of drug-likeness (QED) is 0.400. The average molecular weight is 425 g/mol. The minimum Gasteiger partial charge on any atom is -0.469 e. The van der Waals surface area contributed by atoms with Crippen LogP contribution in [0.1, 0.15) is 25.3 Å². The maximum Gasteiger partial charge on any atom is 0.390 e. The van der Waals surface area contributed by atoms with Crippen molar-refractivity contribution in [3.05, 3.63) is 75.0 Å². The van der Waals surface area contributed by atoms with Crippen LogP contribution in [0.2, 0.25) is 0 Å². The van der Waals surface area contributed by atoms with Gasteiger partial charge >= 0.3 is 11.8 Å². The molecule has 0 fully saturated rings. The summed E-state index contributed by atoms with van der Waals surface area (Å²) < 4.78 is 17.5. The van der Waals surface area contributed by atoms with Gasteiger partial charge in [0, 0.05) is 0 Å². The smallest absolute Gasteiger partial charge is 0.390 e. The highest BCUT2D eigenvalue weighted by molar-refractivity contribution is 5.92. The van der Waals surface area contributed by atoms with E-state index in [2.05, 4.69) is 5.10 Å². The molecule has 1 aliphatic rings. The number of ether oxygens (including phenoxy) is 3. The lowest BCUT2D eigenvalue weighted by atomic mass is 9.83. The summed E-state index contributed by atoms with van der Waals surface area (Å²) in [5, 5.41) is 24.2. The highest BCUT2D eigenvalue weighted by Crippen LogP contribution is 2.40. The summed E-state index contributed by atoms with van der Waals surface area (Å²) in [6, 6.07) is 9.99. The van der Waals surface area contributed by atoms with Gasteiger partial charge in [0.1, 0.15) is 23.2 Å². The Morgan fingerprint density at radius 1 is 1.45 bits per heavy atom. The van der Waals surface area contributed by atoms with Crippen molar-refractivity contribution in [2.24, 2.45) is 5.73 Å². The molecule has 1 aromatic heterocycles. The summed E-state index contributed by atoms with van der Waals surface area (Å²) in [5.41, 5.74) is 6.71. The number of carbonyl (C=O) groups excluding carboxylic acids is 1. The third-order valence-corrected chi connectivity index (χ3v) is 4.47. The van der Waals surface area contributed by atoms with E-state index in [1.165, 1.54) is 16.9 Å². The average Bonchev–Trinajstić information content (AvgIpc) is 3.21. The fraction of sp³-hybridized carbons (Fsp3) is 0.250. The van der Waals surface area contributed by atoms with Crippen molar-refractivity contribution >= 4 is 11.8 Å². The van der Waals surface area contributed by atoms with Crippen LogP contribution in [0.15, 0.2) is 59.3 Å². The molecule has 2 N–H and O–H groups in total. The number of allylic oxidation sites excluding steroid dienone is 2. The van der Waals surface area contributed by atoms with Crippen molar-refractivity contribution in [2.75, 3.05) is 6.61 Å². The molecule has 1 unspecified atom stereocenters. The number of nitrogens with zero attached hydrogens (tertiary/aromatic N) is 4. The molecular formula is C20H19N5O6. The standard InChI is InChI=1S/C20H19N5O6/c1-3-29-20(26)17-12(2)31-19(22)15(10-21)18(17)13-5-4-6-14(9-13)30-11-24-8-7-16(23-24)25(27)28/h4-9,18H,3,11,22H2,1-2H3. The lowest BCUT2D eigenvalue weighted by Crippen LogP contribution is -2.25. The van der Waals surface area contributed by atoms with Crippen LogP contribution in [-0.2, 0) is 21.0 Å². The molecule has 0 radical (unpaired) electrons. The molecule has 0 bridgehead atoms. The van der Waals surface area contributed by atoms with Crippen LogP contribution < -0.4 is 10.5 Å². The number of hydrogen-bond donors (Lipinski definition) is 1. The van der Waals surface area contributed by atoms with Gasteiger partial charge < -0.3 is 30.1 Å². The summed E-state index contributed by atoms with van der Waals surface area (Å²) >= 11 is 0. The summed E-state index contributed by atoms with van der Waals surface area (Å²) in [7, 11) is 0. The van der Waals surface area contributed by atoms with E-state index >= 15 is 0 Å². The van der Waals surface area contributed by atoms with Crippen LogP contribution in [0.4, 0.5) is 5.82 Å². The minimum atomic E-state index is -0.799. The Morgan fingerprint density at radius 2 is 2.23 bits per heavy atom. The number of esters is 1. The third-order valence-electron chi connectivity index (χ3n) is 4.47. The van der Waals surface area contributed by atoms with E-state index in [1.807, 2.05) is 6.07 Å². The maximum absolute atomic E-state index is 12.6. The molecule has 0 aliphatic carbocycles. The molecular weight excluding hydrogens is 406 g/mol. The first-order valence-electron chi connectivity index (χ1n) is 9.21. The van der Waals surface area contributed by atoms with Crippen LogP contribution in [0.5, 0.6) is 5.75 Å². The third kappa shape index (κ3) is 4.48. The number of nitrogens with two attached hydrogens (primary N) is 1. The molecule has 2 aromatic rings. The van der Waals surface area contributed by atoms with E-state index in [0.29, 0.717) is 11.3 Å². The highest BCUT2D eigenvalue weighted by Gasteiger charge is 2.36. The van der Waals surface area contributed by atoms with E-state index in [0.717, 1.165) is 0 Å². The minimum absolute atomic E-state index is 0.0756. The second-order valence-electron chi connectivity index (χ2n) is 6.43. The van der Waals surface area contributed by atoms with Crippen LogP contribution >= 0.6 is 0 Å². The Hall–Kier alpha value is -4.33. The Balaban J connectivity index is 1.91. The lowest BCUT2D eigenvalue weighted by Gasteiger charge is -2.27. The Morgan fingerprint density at radius 3 is 2.87 bits per heavy atom. The van der Waals surface area contributed by atoms with Gasteiger partial charge in [-0.1, -0.05) is 12.1 Å². The van der Waals surface area contributed by atoms with Gasteiger partial charge in [0.2, 0.25) is 12.6 Å². The number of aromatic nitrogens is 2. The first-order chi connectivity index (χ1) is 14.8. The first kappa shape index (κ1) is 21.4. The second-order valence-corrected chi connectivity index (χ2v) is 6.43. The zero-order valence-electron chi connectivity index (χ0n) is 16.8. The van der Waals surface area contributed by atoms with Crippen molar-refractivity contribution < 1.29 is 23.9 Å². The van der Waals surface area contributed by atoms with E-state index in [9.17, 15) is 20.2 Å². The molecule has 1 aliphatic heterocycles. The monoisotopic (exact) mass is 425 g/mol. The van der Waals surface area contributed by atoms with Gasteiger partial charge in [0.15, 0.2) is 0 Å². The van der Waals surface area contributed by atoms with Gasteiger partial charge in [-0.25, -0.2) is 4.79 Å². The fourth-order valence-electron chi connectivity index (χ4n) is 3.13. The zero-order chi connectivity index (χ0) is 22.5. The summed E-state index contributed by atoms with van der Waals surface area (Å²) in [5.74, 6) is -1.15. The predicted molar refractivity (Wildman–Crippen MR) is 106 cm³/mol. The molecule has 3 rings (SSSR count). The Bertz CT molecular complexity index is 1130. The first-order valence-corrected chi connectivity index (χ1v) is 9.21.